The van der Waals surface area contributed by atoms with E-state index in [2.05, 4.69) is 12.2 Å². The van der Waals surface area contributed by atoms with E-state index in [1.165, 1.54) is 6.07 Å². The first kappa shape index (κ1) is 16.0. The zero-order valence-electron chi connectivity index (χ0n) is 12.2. The highest BCUT2D eigenvalue weighted by Gasteiger charge is 2.22. The molecule has 0 fully saturated rings. The van der Waals surface area contributed by atoms with E-state index in [-0.39, 0.29) is 11.1 Å². The monoisotopic (exact) mass is 311 g/mol. The predicted molar refractivity (Wildman–Crippen MR) is 81.0 cm³/mol. The molecule has 114 valence electrons. The Morgan fingerprint density at radius 3 is 2.86 bits per heavy atom. The molecule has 3 nitrogen and oxygen atoms in total. The molecule has 0 spiro atoms. The van der Waals surface area contributed by atoms with Crippen LogP contribution >= 0.6 is 11.6 Å². The number of nitrogens with one attached hydrogen (secondary N) is 1. The Morgan fingerprint density at radius 2 is 2.14 bits per heavy atom. The first-order valence-electron chi connectivity index (χ1n) is 6.92. The van der Waals surface area contributed by atoms with Gasteiger partial charge in [-0.3, -0.25) is 0 Å². The van der Waals surface area contributed by atoms with E-state index in [4.69, 9.17) is 20.8 Å². The van der Waals surface area contributed by atoms with Crippen molar-refractivity contribution in [1.29, 1.82) is 0 Å². The Kier molecular flexibility index (Phi) is 5.79. The van der Waals surface area contributed by atoms with Crippen LogP contribution in [0.1, 0.15) is 36.5 Å². The van der Waals surface area contributed by atoms with Crippen LogP contribution in [0.3, 0.4) is 0 Å². The fraction of sp³-hybridized carbons (Fsp3) is 0.375. The van der Waals surface area contributed by atoms with Gasteiger partial charge in [-0.25, -0.2) is 4.39 Å². The van der Waals surface area contributed by atoms with Crippen molar-refractivity contribution in [2.75, 3.05) is 13.7 Å². The lowest BCUT2D eigenvalue weighted by atomic mass is 10.0. The molecule has 21 heavy (non-hydrogen) atoms. The zero-order valence-corrected chi connectivity index (χ0v) is 12.9. The molecule has 0 radical (unpaired) electrons. The van der Waals surface area contributed by atoms with Crippen molar-refractivity contribution >= 4 is 11.6 Å². The van der Waals surface area contributed by atoms with E-state index in [9.17, 15) is 4.39 Å². The Balaban J connectivity index is 2.34. The minimum atomic E-state index is -0.419. The van der Waals surface area contributed by atoms with E-state index < -0.39 is 5.82 Å². The van der Waals surface area contributed by atoms with Gasteiger partial charge in [0.05, 0.1) is 11.1 Å². The van der Waals surface area contributed by atoms with Gasteiger partial charge in [-0.05, 0) is 31.2 Å². The summed E-state index contributed by atoms with van der Waals surface area (Å²) in [5.41, 5.74) is 0.481. The first-order chi connectivity index (χ1) is 10.2. The van der Waals surface area contributed by atoms with Gasteiger partial charge in [0.25, 0.3) is 0 Å². The molecule has 1 atom stereocenters. The van der Waals surface area contributed by atoms with Crippen LogP contribution in [-0.4, -0.2) is 13.7 Å². The van der Waals surface area contributed by atoms with Crippen molar-refractivity contribution in [3.63, 3.8) is 0 Å². The average Bonchev–Trinajstić information content (AvgIpc) is 2.92. The maximum absolute atomic E-state index is 14.3. The third-order valence-corrected chi connectivity index (χ3v) is 3.44. The lowest BCUT2D eigenvalue weighted by Gasteiger charge is -2.18. The zero-order chi connectivity index (χ0) is 15.2. The normalized spacial score (nSPS) is 12.6. The van der Waals surface area contributed by atoms with Gasteiger partial charge in [0.1, 0.15) is 23.9 Å². The van der Waals surface area contributed by atoms with Gasteiger partial charge in [-0.15, -0.1) is 0 Å². The van der Waals surface area contributed by atoms with E-state index in [1.807, 2.05) is 12.1 Å². The molecule has 0 bridgehead atoms. The number of hydrogen-bond acceptors (Lipinski definition) is 3. The number of furan rings is 1. The van der Waals surface area contributed by atoms with Crippen molar-refractivity contribution in [3.8, 4) is 0 Å². The van der Waals surface area contributed by atoms with Crippen LogP contribution in [0, 0.1) is 5.82 Å². The number of methoxy groups -OCH3 is 1. The molecule has 1 aromatic carbocycles. The molecule has 1 heterocycles. The molecule has 2 rings (SSSR count). The highest BCUT2D eigenvalue weighted by atomic mass is 35.5. The maximum atomic E-state index is 14.3. The minimum absolute atomic E-state index is 0.111. The Bertz CT molecular complexity index is 585. The van der Waals surface area contributed by atoms with Crippen molar-refractivity contribution in [3.05, 3.63) is 58.3 Å². The molecule has 0 aliphatic rings. The third kappa shape index (κ3) is 3.84. The summed E-state index contributed by atoms with van der Waals surface area (Å²) in [5.74, 6) is 0.937. The predicted octanol–water partition coefficient (Wildman–Crippen LogP) is 4.31. The molecule has 0 aliphatic carbocycles. The van der Waals surface area contributed by atoms with Gasteiger partial charge in [0.2, 0.25) is 0 Å². The van der Waals surface area contributed by atoms with Crippen LogP contribution in [0.2, 0.25) is 5.02 Å². The largest absolute Gasteiger partial charge is 0.462 e. The number of ether oxygens (including phenoxy) is 1. The lowest BCUT2D eigenvalue weighted by Crippen LogP contribution is -2.23. The van der Waals surface area contributed by atoms with E-state index in [0.717, 1.165) is 13.0 Å². The second-order valence-corrected chi connectivity index (χ2v) is 5.17. The summed E-state index contributed by atoms with van der Waals surface area (Å²) < 4.78 is 25.1. The molecule has 1 N–H and O–H groups in total. The molecular weight excluding hydrogens is 293 g/mol. The fourth-order valence-electron chi connectivity index (χ4n) is 2.17. The van der Waals surface area contributed by atoms with Crippen molar-refractivity contribution in [2.24, 2.45) is 0 Å². The van der Waals surface area contributed by atoms with Gasteiger partial charge in [-0.1, -0.05) is 30.7 Å². The second kappa shape index (κ2) is 7.59. The van der Waals surface area contributed by atoms with Crippen LogP contribution in [0.25, 0.3) is 0 Å². The number of hydrogen-bond donors (Lipinski definition) is 1. The highest BCUT2D eigenvalue weighted by Crippen LogP contribution is 2.29. The summed E-state index contributed by atoms with van der Waals surface area (Å²) in [6.07, 6.45) is 0.935. The molecule has 0 aliphatic heterocycles. The smallest absolute Gasteiger partial charge is 0.147 e. The molecule has 2 aromatic rings. The summed E-state index contributed by atoms with van der Waals surface area (Å²) in [7, 11) is 1.60. The first-order valence-corrected chi connectivity index (χ1v) is 7.30. The van der Waals surface area contributed by atoms with Crippen LogP contribution in [0.4, 0.5) is 4.39 Å². The molecule has 0 saturated carbocycles. The SMILES string of the molecule is CCCNC(c1ccc(COC)o1)c1cccc(Cl)c1F. The van der Waals surface area contributed by atoms with Gasteiger partial charge < -0.3 is 14.5 Å². The molecule has 0 amide bonds. The summed E-state index contributed by atoms with van der Waals surface area (Å²) in [6.45, 7) is 3.19. The summed E-state index contributed by atoms with van der Waals surface area (Å²) in [5, 5.41) is 3.40. The van der Waals surface area contributed by atoms with Crippen LogP contribution < -0.4 is 5.32 Å². The van der Waals surface area contributed by atoms with Crippen LogP contribution in [-0.2, 0) is 11.3 Å². The number of benzene rings is 1. The van der Waals surface area contributed by atoms with Crippen LogP contribution in [0.5, 0.6) is 0 Å². The van der Waals surface area contributed by atoms with Crippen molar-refractivity contribution < 1.29 is 13.5 Å². The summed E-state index contributed by atoms with van der Waals surface area (Å²) in [4.78, 5) is 0. The number of halogens is 2. The summed E-state index contributed by atoms with van der Waals surface area (Å²) >= 11 is 5.88. The Morgan fingerprint density at radius 1 is 1.33 bits per heavy atom. The molecule has 0 saturated heterocycles. The topological polar surface area (TPSA) is 34.4 Å². The van der Waals surface area contributed by atoms with E-state index in [1.54, 1.807) is 19.2 Å². The molecule has 1 aromatic heterocycles. The van der Waals surface area contributed by atoms with Crippen molar-refractivity contribution in [1.82, 2.24) is 5.32 Å². The summed E-state index contributed by atoms with van der Waals surface area (Å²) in [6, 6.07) is 8.29. The molecular formula is C16H19ClFNO2. The minimum Gasteiger partial charge on any atom is -0.462 e. The lowest BCUT2D eigenvalue weighted by molar-refractivity contribution is 0.162. The molecule has 1 unspecified atom stereocenters. The van der Waals surface area contributed by atoms with Crippen molar-refractivity contribution in [2.45, 2.75) is 26.0 Å². The van der Waals surface area contributed by atoms with E-state index >= 15 is 0 Å². The quantitative estimate of drug-likeness (QED) is 0.827. The fourth-order valence-corrected chi connectivity index (χ4v) is 2.35. The standard InChI is InChI=1S/C16H19ClFNO2/c1-3-9-19-16(12-5-4-6-13(17)15(12)18)14-8-7-11(21-14)10-20-2/h4-8,16,19H,3,9-10H2,1-2H3. The Labute approximate surface area is 129 Å². The number of rotatable bonds is 7. The van der Waals surface area contributed by atoms with Gasteiger partial charge in [-0.2, -0.15) is 0 Å². The molecule has 5 heteroatoms. The third-order valence-electron chi connectivity index (χ3n) is 3.14. The highest BCUT2D eigenvalue weighted by molar-refractivity contribution is 6.30. The van der Waals surface area contributed by atoms with E-state index in [0.29, 0.717) is 23.7 Å². The maximum Gasteiger partial charge on any atom is 0.147 e. The van der Waals surface area contributed by atoms with Gasteiger partial charge in [0, 0.05) is 12.7 Å². The Hall–Kier alpha value is -1.36. The van der Waals surface area contributed by atoms with Crippen LogP contribution in [0.15, 0.2) is 34.7 Å². The average molecular weight is 312 g/mol. The second-order valence-electron chi connectivity index (χ2n) is 4.77. The van der Waals surface area contributed by atoms with Gasteiger partial charge >= 0.3 is 0 Å². The van der Waals surface area contributed by atoms with Gasteiger partial charge in [0.15, 0.2) is 0 Å².